The molecule has 10 atom stereocenters. The number of carbonyl (C=O) groups is 8. The van der Waals surface area contributed by atoms with Crippen LogP contribution in [0, 0.1) is 24.7 Å². The lowest BCUT2D eigenvalue weighted by Crippen LogP contribution is -3.00. The molecule has 0 saturated carbocycles. The summed E-state index contributed by atoms with van der Waals surface area (Å²) in [6, 6.07) is 0. The number of hydrogen-bond donors (Lipinski definition) is 0. The normalized spacial score (nSPS) is 23.9. The number of alkyl halides is 4. The maximum Gasteiger partial charge on any atom is 0.430 e. The topological polar surface area (TPSA) is 261 Å². The van der Waals surface area contributed by atoms with E-state index in [-0.39, 0.29) is 68.0 Å². The molecule has 68 heavy (non-hydrogen) atoms. The second-order valence-electron chi connectivity index (χ2n) is 15.4. The molecule has 2 fully saturated rings. The average molecular weight is 1100 g/mol. The van der Waals surface area contributed by atoms with Crippen LogP contribution in [0.15, 0.2) is 0 Å². The van der Waals surface area contributed by atoms with E-state index in [1.165, 1.54) is 27.7 Å². The summed E-state index contributed by atoms with van der Waals surface area (Å²) in [5.74, 6) is -2.68. The van der Waals surface area contributed by atoms with E-state index in [0.717, 1.165) is 20.8 Å². The number of aliphatic carboxylic acids is 1. The van der Waals surface area contributed by atoms with Gasteiger partial charge >= 0.3 is 48.0 Å². The number of carbonyl (C=O) groups excluding carboxylic acids is 8. The summed E-state index contributed by atoms with van der Waals surface area (Å²) < 4.78 is 105. The van der Waals surface area contributed by atoms with Crippen LogP contribution in [0.3, 0.4) is 0 Å². The third-order valence-corrected chi connectivity index (χ3v) is 8.66. The molecule has 2 rings (SSSR count). The van der Waals surface area contributed by atoms with Gasteiger partial charge in [-0.15, -0.1) is 12.8 Å². The number of ether oxygens (including phenoxy) is 11. The summed E-state index contributed by atoms with van der Waals surface area (Å²) in [5.41, 5.74) is 0. The van der Waals surface area contributed by atoms with Gasteiger partial charge in [0.1, 0.15) is 44.9 Å². The molecule has 2 aliphatic heterocycles. The number of rotatable bonds is 19. The minimum absolute atomic E-state index is 0. The second-order valence-corrected chi connectivity index (χ2v) is 15.4. The monoisotopic (exact) mass is 1100 g/mol. The summed E-state index contributed by atoms with van der Waals surface area (Å²) in [6.45, 7) is 8.55. The van der Waals surface area contributed by atoms with E-state index in [1.54, 1.807) is 7.05 Å². The molecule has 388 valence electrons. The Balaban J connectivity index is 0. The molecule has 27 heteroatoms. The molecule has 2 heterocycles. The molecule has 1 unspecified atom stereocenters. The first-order valence-corrected chi connectivity index (χ1v) is 20.0. The van der Waals surface area contributed by atoms with Gasteiger partial charge in [-0.1, -0.05) is 0 Å². The highest BCUT2D eigenvalue weighted by Gasteiger charge is 2.53. The number of terminal acetylenes is 2. The van der Waals surface area contributed by atoms with Crippen LogP contribution in [0.4, 0.5) is 17.6 Å². The zero-order chi connectivity index (χ0) is 51.9. The van der Waals surface area contributed by atoms with Crippen LogP contribution in [0.5, 0.6) is 0 Å². The van der Waals surface area contributed by atoms with Crippen molar-refractivity contribution in [1.29, 1.82) is 0 Å². The lowest BCUT2D eigenvalue weighted by Gasteiger charge is -2.44. The van der Waals surface area contributed by atoms with Crippen molar-refractivity contribution >= 4 is 47.8 Å². The largest absolute Gasteiger partial charge is 1.00 e. The summed E-state index contributed by atoms with van der Waals surface area (Å²) in [5, 5.41) is 8.78. The average Bonchev–Trinajstić information content (AvgIpc) is 3.17. The van der Waals surface area contributed by atoms with Crippen molar-refractivity contribution in [1.82, 2.24) is 0 Å². The number of carboxylic acids is 1. The van der Waals surface area contributed by atoms with Crippen LogP contribution in [0.1, 0.15) is 48.5 Å². The number of halogens is 5. The molecule has 0 aromatic heterocycles. The van der Waals surface area contributed by atoms with Gasteiger partial charge < -0.3 is 90.5 Å². The van der Waals surface area contributed by atoms with Gasteiger partial charge in [0.2, 0.25) is 6.80 Å². The lowest BCUT2D eigenvalue weighted by molar-refractivity contribution is -0.915. The van der Waals surface area contributed by atoms with Crippen molar-refractivity contribution in [2.45, 2.75) is 110 Å². The number of nitrogens with zero attached hydrogens (tertiary/aromatic N) is 2. The fraction of sp³-hybridized carbons (Fsp3) is 0.707. The standard InChI is InChI=1S/C21H31FNO10.C18H28NO8.C2HF3O2.HI/c1-7-8-23(6,12-22)9-10-28-21-20(32-16(5)27)19(31-15(4)26)18(30-14(3)25)17(33-21)11-29-13(2)24;1-7-8-19(5,6)9-10-23-18-17(27-14(4)22)16(26-13(3)21)15(11-24-18)25-12(2)20;3-2(4,5)1(6)7;/h1,17-21H,8-12H2,2-6H3;1,15-18H,8-11H2,2-6H3;(H,6,7);1H/q2*+1;;/p-2/t17-,18-,19+,20-,21-,23?;15-,16-,17+,18-;;/m10../s1. The lowest BCUT2D eigenvalue weighted by atomic mass is 9.98. The van der Waals surface area contributed by atoms with Gasteiger partial charge in [-0.25, -0.2) is 0 Å². The minimum atomic E-state index is -5.19. The molecule has 0 amide bonds. The van der Waals surface area contributed by atoms with Crippen molar-refractivity contribution in [3.05, 3.63) is 0 Å². The predicted molar refractivity (Wildman–Crippen MR) is 213 cm³/mol. The van der Waals surface area contributed by atoms with E-state index < -0.39 is 116 Å². The third kappa shape index (κ3) is 26.0. The number of esters is 7. The Morgan fingerprint density at radius 3 is 1.47 bits per heavy atom. The molecule has 0 aromatic rings. The smallest absolute Gasteiger partial charge is 0.430 e. The molecule has 0 N–H and O–H groups in total. The SMILES string of the molecule is C#CC[N+](C)(C)CCO[C@H]1OC[C@H](OC(C)=O)[C@H](OC(C)=O)[C@H]1OC(C)=O.C#CC[N+](C)(CF)CCO[C@@H]1O[C@H](COC(C)=O)[C@@H](OC(C)=O)[C@H](OC(C)=O)[C@H]1OC(C)=O.O=C([O-])C(F)(F)F.[I-]. The van der Waals surface area contributed by atoms with Crippen molar-refractivity contribution in [2.75, 3.05) is 80.5 Å². The highest BCUT2D eigenvalue weighted by Crippen LogP contribution is 2.30. The summed E-state index contributed by atoms with van der Waals surface area (Å²) in [4.78, 5) is 89.7. The Labute approximate surface area is 407 Å². The fourth-order valence-corrected chi connectivity index (χ4v) is 5.71. The molecule has 22 nitrogen and oxygen atoms in total. The number of quaternary nitrogens is 2. The molecule has 0 spiro atoms. The minimum Gasteiger partial charge on any atom is -1.00 e. The van der Waals surface area contributed by atoms with E-state index in [4.69, 9.17) is 74.9 Å². The first kappa shape index (κ1) is 65.2. The molecule has 0 aromatic carbocycles. The first-order valence-electron chi connectivity index (χ1n) is 20.0. The Kier molecular flexibility index (Phi) is 30.0. The zero-order valence-electron chi connectivity index (χ0n) is 39.2. The predicted octanol–water partition coefficient (Wildman–Crippen LogP) is -3.74. The first-order chi connectivity index (χ1) is 30.9. The van der Waals surface area contributed by atoms with E-state index in [0.29, 0.717) is 17.6 Å². The van der Waals surface area contributed by atoms with Crippen LogP contribution in [0.2, 0.25) is 0 Å². The van der Waals surface area contributed by atoms with Crippen LogP contribution >= 0.6 is 0 Å². The van der Waals surface area contributed by atoms with Gasteiger partial charge in [0.25, 0.3) is 0 Å². The van der Waals surface area contributed by atoms with E-state index >= 15 is 0 Å². The molecule has 2 aliphatic rings. The summed E-state index contributed by atoms with van der Waals surface area (Å²) in [7, 11) is 5.50. The molecular formula is C41H59F4IN2O20. The van der Waals surface area contributed by atoms with E-state index in [9.17, 15) is 51.1 Å². The number of likely N-dealkylation sites (N-methyl/N-ethyl adjacent to an activating group) is 2. The van der Waals surface area contributed by atoms with Crippen LogP contribution in [-0.4, -0.2) is 199 Å². The maximum atomic E-state index is 13.4. The molecule has 0 radical (unpaired) electrons. The van der Waals surface area contributed by atoms with Crippen molar-refractivity contribution in [3.63, 3.8) is 0 Å². The number of hydrogen-bond acceptors (Lipinski definition) is 20. The number of carboxylic acid groups (broad SMARTS) is 1. The van der Waals surface area contributed by atoms with Gasteiger partial charge in [-0.2, -0.15) is 17.6 Å². The fourth-order valence-electron chi connectivity index (χ4n) is 5.71. The highest BCUT2D eigenvalue weighted by molar-refractivity contribution is 5.71. The molecule has 2 saturated heterocycles. The summed E-state index contributed by atoms with van der Waals surface area (Å²) in [6.07, 6.45) is -4.93. The Bertz CT molecular complexity index is 1770. The van der Waals surface area contributed by atoms with Crippen LogP contribution in [0.25, 0.3) is 0 Å². The quantitative estimate of drug-likeness (QED) is 0.0229. The molecular weight excluding hydrogens is 1040 g/mol. The zero-order valence-corrected chi connectivity index (χ0v) is 41.3. The van der Waals surface area contributed by atoms with Gasteiger partial charge in [-0.3, -0.25) is 38.0 Å². The van der Waals surface area contributed by atoms with Gasteiger partial charge in [-0.05, 0) is 11.8 Å². The van der Waals surface area contributed by atoms with Crippen molar-refractivity contribution in [2.24, 2.45) is 0 Å². The van der Waals surface area contributed by atoms with Crippen LogP contribution < -0.4 is 29.1 Å². The maximum absolute atomic E-state index is 13.4. The molecule has 0 bridgehead atoms. The van der Waals surface area contributed by atoms with E-state index in [2.05, 4.69) is 11.8 Å². The Morgan fingerprint density at radius 2 is 1.04 bits per heavy atom. The molecule has 0 aliphatic carbocycles. The third-order valence-electron chi connectivity index (χ3n) is 8.66. The highest BCUT2D eigenvalue weighted by atomic mass is 127. The van der Waals surface area contributed by atoms with Crippen LogP contribution in [-0.2, 0) is 90.5 Å². The van der Waals surface area contributed by atoms with Crippen molar-refractivity contribution < 1.29 is 146 Å². The van der Waals surface area contributed by atoms with Gasteiger partial charge in [0.05, 0.1) is 41.0 Å². The Morgan fingerprint density at radius 1 is 0.632 bits per heavy atom. The Hall–Kier alpha value is -4.91. The van der Waals surface area contributed by atoms with Crippen molar-refractivity contribution in [3.8, 4) is 24.7 Å². The van der Waals surface area contributed by atoms with Gasteiger partial charge in [0.15, 0.2) is 49.2 Å². The van der Waals surface area contributed by atoms with E-state index in [1.807, 2.05) is 14.1 Å². The summed E-state index contributed by atoms with van der Waals surface area (Å²) >= 11 is 0. The second kappa shape index (κ2) is 31.3. The van der Waals surface area contributed by atoms with Gasteiger partial charge in [0, 0.05) is 48.5 Å².